The molecule has 1 aliphatic heterocycles. The lowest BCUT2D eigenvalue weighted by molar-refractivity contribution is -0.130. The third-order valence-electron chi connectivity index (χ3n) is 3.64. The number of piperazine rings is 1. The van der Waals surface area contributed by atoms with Gasteiger partial charge in [0.05, 0.1) is 0 Å². The molecule has 0 aliphatic carbocycles. The number of nitrogens with zero attached hydrogens (tertiary/aromatic N) is 2. The predicted molar refractivity (Wildman–Crippen MR) is 82.4 cm³/mol. The van der Waals surface area contributed by atoms with E-state index in [1.165, 1.54) is 0 Å². The lowest BCUT2D eigenvalue weighted by atomic mass is 10.1. The fourth-order valence-corrected chi connectivity index (χ4v) is 2.57. The van der Waals surface area contributed by atoms with Crippen molar-refractivity contribution in [3.05, 3.63) is 34.9 Å². The number of hydrogen-bond donors (Lipinski definition) is 1. The molecule has 0 aromatic heterocycles. The molecule has 114 valence electrons. The Balaban J connectivity index is 1.73. The molecular formula is C15H20ClN3O2. The van der Waals surface area contributed by atoms with Crippen molar-refractivity contribution in [3.63, 3.8) is 0 Å². The maximum Gasteiger partial charge on any atom is 0.317 e. The molecule has 0 radical (unpaired) electrons. The first-order valence-corrected chi connectivity index (χ1v) is 7.47. The van der Waals surface area contributed by atoms with Crippen LogP contribution in [0.2, 0.25) is 5.02 Å². The van der Waals surface area contributed by atoms with Crippen molar-refractivity contribution in [2.45, 2.75) is 13.3 Å². The van der Waals surface area contributed by atoms with E-state index in [4.69, 9.17) is 11.6 Å². The fraction of sp³-hybridized carbons (Fsp3) is 0.467. The molecule has 21 heavy (non-hydrogen) atoms. The van der Waals surface area contributed by atoms with Crippen LogP contribution in [0.4, 0.5) is 4.79 Å². The Labute approximate surface area is 129 Å². The molecule has 0 saturated carbocycles. The van der Waals surface area contributed by atoms with E-state index in [1.807, 2.05) is 24.3 Å². The average Bonchev–Trinajstić information content (AvgIpc) is 2.49. The highest BCUT2D eigenvalue weighted by Crippen LogP contribution is 2.14. The molecule has 1 fully saturated rings. The van der Waals surface area contributed by atoms with E-state index in [-0.39, 0.29) is 11.9 Å². The maximum absolute atomic E-state index is 12.0. The van der Waals surface area contributed by atoms with Gasteiger partial charge in [-0.15, -0.1) is 0 Å². The Morgan fingerprint density at radius 2 is 1.76 bits per heavy atom. The number of carbonyl (C=O) groups excluding carboxylic acids is 2. The maximum atomic E-state index is 12.0. The van der Waals surface area contributed by atoms with Gasteiger partial charge in [0.2, 0.25) is 5.91 Å². The highest BCUT2D eigenvalue weighted by Gasteiger charge is 2.21. The molecule has 3 amide bonds. The smallest absolute Gasteiger partial charge is 0.317 e. The van der Waals surface area contributed by atoms with Gasteiger partial charge in [0, 0.05) is 44.7 Å². The van der Waals surface area contributed by atoms with Crippen LogP contribution < -0.4 is 5.32 Å². The summed E-state index contributed by atoms with van der Waals surface area (Å²) in [5.74, 6) is 0.0637. The molecule has 1 aliphatic rings. The van der Waals surface area contributed by atoms with E-state index in [0.717, 1.165) is 10.6 Å². The molecular weight excluding hydrogens is 290 g/mol. The molecule has 0 bridgehead atoms. The van der Waals surface area contributed by atoms with E-state index in [2.05, 4.69) is 5.32 Å². The van der Waals surface area contributed by atoms with Gasteiger partial charge in [-0.25, -0.2) is 4.79 Å². The Morgan fingerprint density at radius 1 is 1.14 bits per heavy atom. The SMILES string of the molecule is CC(=O)N1CCN(C(=O)NCCc2ccccc2Cl)CC1. The van der Waals surface area contributed by atoms with E-state index in [1.54, 1.807) is 16.7 Å². The monoisotopic (exact) mass is 309 g/mol. The standard InChI is InChI=1S/C15H20ClN3O2/c1-12(20)18-8-10-19(11-9-18)15(21)17-7-6-13-4-2-3-5-14(13)16/h2-5H,6-11H2,1H3,(H,17,21). The largest absolute Gasteiger partial charge is 0.339 e. The second kappa shape index (κ2) is 7.31. The van der Waals surface area contributed by atoms with E-state index >= 15 is 0 Å². The number of nitrogens with one attached hydrogen (secondary N) is 1. The Kier molecular flexibility index (Phi) is 5.44. The van der Waals surface area contributed by atoms with Crippen molar-refractivity contribution < 1.29 is 9.59 Å². The second-order valence-electron chi connectivity index (χ2n) is 5.07. The van der Waals surface area contributed by atoms with Crippen molar-refractivity contribution in [1.29, 1.82) is 0 Å². The van der Waals surface area contributed by atoms with Gasteiger partial charge in [0.25, 0.3) is 0 Å². The van der Waals surface area contributed by atoms with Crippen molar-refractivity contribution >= 4 is 23.5 Å². The highest BCUT2D eigenvalue weighted by atomic mass is 35.5. The summed E-state index contributed by atoms with van der Waals surface area (Å²) in [5, 5.41) is 3.62. The summed E-state index contributed by atoms with van der Waals surface area (Å²) < 4.78 is 0. The molecule has 1 heterocycles. The average molecular weight is 310 g/mol. The number of hydrogen-bond acceptors (Lipinski definition) is 2. The van der Waals surface area contributed by atoms with Crippen LogP contribution in [-0.2, 0) is 11.2 Å². The first kappa shape index (κ1) is 15.6. The lowest BCUT2D eigenvalue weighted by Gasteiger charge is -2.34. The number of carbonyl (C=O) groups is 2. The Hall–Kier alpha value is -1.75. The summed E-state index contributed by atoms with van der Waals surface area (Å²) >= 11 is 6.07. The minimum Gasteiger partial charge on any atom is -0.339 e. The van der Waals surface area contributed by atoms with Gasteiger partial charge in [0.1, 0.15) is 0 Å². The first-order valence-electron chi connectivity index (χ1n) is 7.09. The summed E-state index contributed by atoms with van der Waals surface area (Å²) in [4.78, 5) is 26.8. The number of urea groups is 1. The fourth-order valence-electron chi connectivity index (χ4n) is 2.34. The molecule has 1 aromatic carbocycles. The number of benzene rings is 1. The van der Waals surface area contributed by atoms with Crippen molar-refractivity contribution in [1.82, 2.24) is 15.1 Å². The third-order valence-corrected chi connectivity index (χ3v) is 4.01. The molecule has 1 aromatic rings. The normalized spacial score (nSPS) is 15.0. The van der Waals surface area contributed by atoms with Gasteiger partial charge in [-0.05, 0) is 18.1 Å². The minimum absolute atomic E-state index is 0.0637. The molecule has 1 N–H and O–H groups in total. The zero-order chi connectivity index (χ0) is 15.2. The van der Waals surface area contributed by atoms with Crippen LogP contribution in [0, 0.1) is 0 Å². The number of rotatable bonds is 3. The zero-order valence-electron chi connectivity index (χ0n) is 12.1. The van der Waals surface area contributed by atoms with Crippen molar-refractivity contribution in [2.24, 2.45) is 0 Å². The molecule has 2 rings (SSSR count). The molecule has 1 saturated heterocycles. The van der Waals surface area contributed by atoms with Crippen LogP contribution in [0.1, 0.15) is 12.5 Å². The van der Waals surface area contributed by atoms with E-state index in [9.17, 15) is 9.59 Å². The van der Waals surface area contributed by atoms with Gasteiger partial charge in [-0.3, -0.25) is 4.79 Å². The van der Waals surface area contributed by atoms with Gasteiger partial charge < -0.3 is 15.1 Å². The van der Waals surface area contributed by atoms with Crippen LogP contribution in [0.3, 0.4) is 0 Å². The van der Waals surface area contributed by atoms with Crippen LogP contribution in [0.15, 0.2) is 24.3 Å². The summed E-state index contributed by atoms with van der Waals surface area (Å²) in [6, 6.07) is 7.55. The summed E-state index contributed by atoms with van der Waals surface area (Å²) in [6.07, 6.45) is 0.707. The summed E-state index contributed by atoms with van der Waals surface area (Å²) in [5.41, 5.74) is 1.03. The van der Waals surface area contributed by atoms with Crippen molar-refractivity contribution in [2.75, 3.05) is 32.7 Å². The third kappa shape index (κ3) is 4.36. The zero-order valence-corrected chi connectivity index (χ0v) is 12.9. The Bertz CT molecular complexity index is 513. The summed E-state index contributed by atoms with van der Waals surface area (Å²) in [6.45, 7) is 4.48. The van der Waals surface area contributed by atoms with E-state index < -0.39 is 0 Å². The molecule has 5 nitrogen and oxygen atoms in total. The number of amides is 3. The molecule has 0 spiro atoms. The molecule has 6 heteroatoms. The van der Waals surface area contributed by atoms with Crippen LogP contribution in [-0.4, -0.2) is 54.5 Å². The quantitative estimate of drug-likeness (QED) is 0.925. The topological polar surface area (TPSA) is 52.7 Å². The van der Waals surface area contributed by atoms with Crippen LogP contribution in [0.25, 0.3) is 0 Å². The molecule has 0 atom stereocenters. The molecule has 0 unspecified atom stereocenters. The van der Waals surface area contributed by atoms with Crippen LogP contribution in [0.5, 0.6) is 0 Å². The number of halogens is 1. The highest BCUT2D eigenvalue weighted by molar-refractivity contribution is 6.31. The lowest BCUT2D eigenvalue weighted by Crippen LogP contribution is -2.52. The van der Waals surface area contributed by atoms with Gasteiger partial charge in [0.15, 0.2) is 0 Å². The van der Waals surface area contributed by atoms with Crippen LogP contribution >= 0.6 is 11.6 Å². The Morgan fingerprint density at radius 3 is 2.38 bits per heavy atom. The predicted octanol–water partition coefficient (Wildman–Crippen LogP) is 1.76. The van der Waals surface area contributed by atoms with Gasteiger partial charge in [-0.2, -0.15) is 0 Å². The minimum atomic E-state index is -0.0785. The van der Waals surface area contributed by atoms with Gasteiger partial charge in [-0.1, -0.05) is 29.8 Å². The van der Waals surface area contributed by atoms with E-state index in [0.29, 0.717) is 39.1 Å². The second-order valence-corrected chi connectivity index (χ2v) is 5.47. The van der Waals surface area contributed by atoms with Crippen molar-refractivity contribution in [3.8, 4) is 0 Å². The first-order chi connectivity index (χ1) is 10.1. The summed E-state index contributed by atoms with van der Waals surface area (Å²) in [7, 11) is 0. The van der Waals surface area contributed by atoms with Gasteiger partial charge >= 0.3 is 6.03 Å².